The van der Waals surface area contributed by atoms with E-state index in [1.807, 2.05) is 0 Å². The van der Waals surface area contributed by atoms with E-state index in [1.54, 1.807) is 0 Å². The molecule has 0 aromatic carbocycles. The average molecular weight is 251 g/mol. The first-order valence-corrected chi connectivity index (χ1v) is 8.21. The summed E-state index contributed by atoms with van der Waals surface area (Å²) in [5, 5.41) is 10.3. The fourth-order valence-corrected chi connectivity index (χ4v) is 3.46. The molecular formula is C16H29NO. The van der Waals surface area contributed by atoms with Gasteiger partial charge in [0.25, 0.3) is 0 Å². The van der Waals surface area contributed by atoms with E-state index in [9.17, 15) is 5.11 Å². The standard InChI is InChI=1S/C16H29NO/c18-16-5-3-1-2-4-15(16)12-17(10-13-6-7-13)11-14-8-9-14/h13-16,18H,1-12H2. The first kappa shape index (κ1) is 12.9. The molecule has 18 heavy (non-hydrogen) atoms. The molecule has 0 heterocycles. The molecule has 2 heteroatoms. The predicted molar refractivity (Wildman–Crippen MR) is 74.5 cm³/mol. The second-order valence-corrected chi connectivity index (χ2v) is 7.07. The maximum Gasteiger partial charge on any atom is 0.0580 e. The van der Waals surface area contributed by atoms with Crippen LogP contribution in [-0.4, -0.2) is 35.7 Å². The van der Waals surface area contributed by atoms with Crippen LogP contribution in [0.25, 0.3) is 0 Å². The Kier molecular flexibility index (Phi) is 4.25. The Morgan fingerprint density at radius 1 is 0.722 bits per heavy atom. The van der Waals surface area contributed by atoms with Gasteiger partial charge in [0.2, 0.25) is 0 Å². The number of aliphatic hydroxyl groups is 1. The number of nitrogens with zero attached hydrogens (tertiary/aromatic N) is 1. The highest BCUT2D eigenvalue weighted by Gasteiger charge is 2.31. The van der Waals surface area contributed by atoms with Gasteiger partial charge in [-0.1, -0.05) is 19.3 Å². The largest absolute Gasteiger partial charge is 0.393 e. The van der Waals surface area contributed by atoms with Crippen LogP contribution in [0.2, 0.25) is 0 Å². The third-order valence-corrected chi connectivity index (χ3v) is 5.04. The fourth-order valence-electron chi connectivity index (χ4n) is 3.46. The Morgan fingerprint density at radius 3 is 1.94 bits per heavy atom. The molecule has 3 saturated carbocycles. The third kappa shape index (κ3) is 3.96. The van der Waals surface area contributed by atoms with Crippen LogP contribution in [-0.2, 0) is 0 Å². The lowest BCUT2D eigenvalue weighted by Crippen LogP contribution is -2.37. The quantitative estimate of drug-likeness (QED) is 0.733. The van der Waals surface area contributed by atoms with Gasteiger partial charge in [0.05, 0.1) is 6.10 Å². The van der Waals surface area contributed by atoms with E-state index in [4.69, 9.17) is 0 Å². The molecule has 3 rings (SSSR count). The summed E-state index contributed by atoms with van der Waals surface area (Å²) in [6, 6.07) is 0. The van der Waals surface area contributed by atoms with Crippen LogP contribution in [0, 0.1) is 17.8 Å². The minimum absolute atomic E-state index is 0.0200. The van der Waals surface area contributed by atoms with Crippen molar-refractivity contribution in [2.24, 2.45) is 17.8 Å². The Morgan fingerprint density at radius 2 is 1.33 bits per heavy atom. The van der Waals surface area contributed by atoms with Crippen molar-refractivity contribution >= 4 is 0 Å². The molecule has 0 spiro atoms. The molecule has 0 amide bonds. The van der Waals surface area contributed by atoms with E-state index in [2.05, 4.69) is 4.90 Å². The van der Waals surface area contributed by atoms with Crippen molar-refractivity contribution in [3.8, 4) is 0 Å². The van der Waals surface area contributed by atoms with Gasteiger partial charge in [0.1, 0.15) is 0 Å². The minimum Gasteiger partial charge on any atom is -0.393 e. The van der Waals surface area contributed by atoms with Gasteiger partial charge in [-0.15, -0.1) is 0 Å². The molecule has 0 radical (unpaired) electrons. The molecule has 2 unspecified atom stereocenters. The topological polar surface area (TPSA) is 23.5 Å². The maximum atomic E-state index is 10.3. The van der Waals surface area contributed by atoms with Crippen molar-refractivity contribution in [3.63, 3.8) is 0 Å². The van der Waals surface area contributed by atoms with Crippen LogP contribution in [0.5, 0.6) is 0 Å². The number of aliphatic hydroxyl groups excluding tert-OH is 1. The summed E-state index contributed by atoms with van der Waals surface area (Å²) in [4.78, 5) is 2.70. The van der Waals surface area contributed by atoms with Crippen molar-refractivity contribution in [2.45, 2.75) is 63.9 Å². The number of rotatable bonds is 6. The lowest BCUT2D eigenvalue weighted by Gasteiger charge is -2.29. The summed E-state index contributed by atoms with van der Waals surface area (Å²) in [5.41, 5.74) is 0. The lowest BCUT2D eigenvalue weighted by atomic mass is 9.96. The van der Waals surface area contributed by atoms with Gasteiger partial charge < -0.3 is 10.0 Å². The molecule has 0 aliphatic heterocycles. The van der Waals surface area contributed by atoms with Gasteiger partial charge >= 0.3 is 0 Å². The summed E-state index contributed by atoms with van der Waals surface area (Å²) < 4.78 is 0. The third-order valence-electron chi connectivity index (χ3n) is 5.04. The smallest absolute Gasteiger partial charge is 0.0580 e. The van der Waals surface area contributed by atoms with Crippen LogP contribution >= 0.6 is 0 Å². The Bertz CT molecular complexity index is 246. The SMILES string of the molecule is OC1CCCCCC1CN(CC1CC1)CC1CC1. The van der Waals surface area contributed by atoms with Gasteiger partial charge in [-0.2, -0.15) is 0 Å². The second kappa shape index (κ2) is 5.92. The second-order valence-electron chi connectivity index (χ2n) is 7.07. The van der Waals surface area contributed by atoms with Gasteiger partial charge in [-0.05, 0) is 56.3 Å². The van der Waals surface area contributed by atoms with Crippen LogP contribution < -0.4 is 0 Å². The average Bonchev–Trinajstić information content (AvgIpc) is 3.17. The van der Waals surface area contributed by atoms with Crippen molar-refractivity contribution in [1.29, 1.82) is 0 Å². The van der Waals surface area contributed by atoms with Crippen molar-refractivity contribution in [2.75, 3.05) is 19.6 Å². The van der Waals surface area contributed by atoms with Crippen molar-refractivity contribution in [3.05, 3.63) is 0 Å². The molecule has 0 saturated heterocycles. The van der Waals surface area contributed by atoms with Gasteiger partial charge in [0, 0.05) is 19.6 Å². The molecule has 0 bridgehead atoms. The minimum atomic E-state index is -0.0200. The lowest BCUT2D eigenvalue weighted by molar-refractivity contribution is 0.0706. The fraction of sp³-hybridized carbons (Fsp3) is 1.00. The van der Waals surface area contributed by atoms with Crippen molar-refractivity contribution in [1.82, 2.24) is 4.90 Å². The highest BCUT2D eigenvalue weighted by molar-refractivity contribution is 4.85. The highest BCUT2D eigenvalue weighted by atomic mass is 16.3. The zero-order chi connectivity index (χ0) is 12.4. The summed E-state index contributed by atoms with van der Waals surface area (Å²) in [7, 11) is 0. The predicted octanol–water partition coefficient (Wildman–Crippen LogP) is 3.05. The molecule has 1 N–H and O–H groups in total. The first-order valence-electron chi connectivity index (χ1n) is 8.21. The monoisotopic (exact) mass is 251 g/mol. The molecule has 2 atom stereocenters. The molecular weight excluding hydrogens is 222 g/mol. The van der Waals surface area contributed by atoms with Gasteiger partial charge in [0.15, 0.2) is 0 Å². The van der Waals surface area contributed by atoms with Crippen LogP contribution in [0.15, 0.2) is 0 Å². The Labute approximate surface area is 112 Å². The van der Waals surface area contributed by atoms with Gasteiger partial charge in [-0.3, -0.25) is 0 Å². The Hall–Kier alpha value is -0.0800. The molecule has 0 aromatic rings. The van der Waals surface area contributed by atoms with Crippen LogP contribution in [0.4, 0.5) is 0 Å². The van der Waals surface area contributed by atoms with E-state index in [0.717, 1.165) is 18.3 Å². The van der Waals surface area contributed by atoms with Gasteiger partial charge in [-0.25, -0.2) is 0 Å². The molecule has 0 aromatic heterocycles. The summed E-state index contributed by atoms with van der Waals surface area (Å²) >= 11 is 0. The summed E-state index contributed by atoms with van der Waals surface area (Å²) in [6.45, 7) is 3.81. The first-order chi connectivity index (χ1) is 8.81. The number of hydrogen-bond acceptors (Lipinski definition) is 2. The van der Waals surface area contributed by atoms with E-state index in [1.165, 1.54) is 71.0 Å². The maximum absolute atomic E-state index is 10.3. The van der Waals surface area contributed by atoms with Crippen molar-refractivity contribution < 1.29 is 5.11 Å². The Balaban J connectivity index is 1.51. The molecule has 104 valence electrons. The zero-order valence-electron chi connectivity index (χ0n) is 11.7. The molecule has 3 aliphatic rings. The van der Waals surface area contributed by atoms with Crippen LogP contribution in [0.1, 0.15) is 57.8 Å². The van der Waals surface area contributed by atoms with E-state index < -0.39 is 0 Å². The molecule has 2 nitrogen and oxygen atoms in total. The van der Waals surface area contributed by atoms with E-state index in [-0.39, 0.29) is 6.10 Å². The van der Waals surface area contributed by atoms with E-state index >= 15 is 0 Å². The molecule has 3 fully saturated rings. The highest BCUT2D eigenvalue weighted by Crippen LogP contribution is 2.35. The van der Waals surface area contributed by atoms with E-state index in [0.29, 0.717) is 5.92 Å². The zero-order valence-corrected chi connectivity index (χ0v) is 11.7. The van der Waals surface area contributed by atoms with Crippen LogP contribution in [0.3, 0.4) is 0 Å². The molecule has 3 aliphatic carbocycles. The summed E-state index contributed by atoms with van der Waals surface area (Å²) in [6.07, 6.45) is 12.0. The number of hydrogen-bond donors (Lipinski definition) is 1. The summed E-state index contributed by atoms with van der Waals surface area (Å²) in [5.74, 6) is 2.54. The normalized spacial score (nSPS) is 33.7.